The molecule has 1 heterocycles. The van der Waals surface area contributed by atoms with Gasteiger partial charge in [0.1, 0.15) is 5.78 Å². The fraction of sp³-hybridized carbons (Fsp3) is 0.308. The van der Waals surface area contributed by atoms with E-state index in [9.17, 15) is 4.79 Å². The molecule has 18 heavy (non-hydrogen) atoms. The van der Waals surface area contributed by atoms with E-state index in [1.54, 1.807) is 6.07 Å². The lowest BCUT2D eigenvalue weighted by atomic mass is 10.2. The second kappa shape index (κ2) is 5.78. The number of aromatic nitrogens is 2. The Morgan fingerprint density at radius 2 is 2.17 bits per heavy atom. The number of ketones is 1. The van der Waals surface area contributed by atoms with Gasteiger partial charge < -0.3 is 4.52 Å². The Morgan fingerprint density at radius 3 is 2.89 bits per heavy atom. The first-order chi connectivity index (χ1) is 8.70. The molecule has 1 aromatic carbocycles. The van der Waals surface area contributed by atoms with Gasteiger partial charge in [-0.1, -0.05) is 35.8 Å². The van der Waals surface area contributed by atoms with Gasteiger partial charge in [-0.3, -0.25) is 4.79 Å². The average Bonchev–Trinajstić information content (AvgIpc) is 2.78. The molecule has 0 N–H and O–H groups in total. The number of hydrogen-bond acceptors (Lipinski definition) is 4. The molecule has 0 saturated carbocycles. The maximum Gasteiger partial charge on any atom is 0.234 e. The van der Waals surface area contributed by atoms with E-state index < -0.39 is 0 Å². The van der Waals surface area contributed by atoms with Crippen molar-refractivity contribution in [1.82, 2.24) is 10.1 Å². The molecule has 1 aromatic heterocycles. The minimum Gasteiger partial charge on any atom is -0.338 e. The van der Waals surface area contributed by atoms with Gasteiger partial charge in [0.05, 0.1) is 11.4 Å². The van der Waals surface area contributed by atoms with Gasteiger partial charge in [0.25, 0.3) is 0 Å². The zero-order valence-corrected chi connectivity index (χ0v) is 10.8. The van der Waals surface area contributed by atoms with E-state index in [2.05, 4.69) is 10.1 Å². The van der Waals surface area contributed by atoms with Crippen molar-refractivity contribution < 1.29 is 9.32 Å². The van der Waals surface area contributed by atoms with Crippen LogP contribution in [0.2, 0.25) is 5.02 Å². The lowest BCUT2D eigenvalue weighted by Crippen LogP contribution is -2.01. The Kier molecular flexibility index (Phi) is 4.10. The van der Waals surface area contributed by atoms with Crippen molar-refractivity contribution in [2.75, 3.05) is 0 Å². The van der Waals surface area contributed by atoms with E-state index in [0.29, 0.717) is 28.7 Å². The number of Topliss-reactive ketones (excluding diaryl/α,β-unsaturated/α-hetero) is 1. The molecule has 5 heteroatoms. The molecule has 0 radical (unpaired) electrons. The van der Waals surface area contributed by atoms with Gasteiger partial charge >= 0.3 is 0 Å². The highest BCUT2D eigenvalue weighted by molar-refractivity contribution is 6.33. The molecule has 0 amide bonds. The fourth-order valence-electron chi connectivity index (χ4n) is 1.61. The summed E-state index contributed by atoms with van der Waals surface area (Å²) in [5.41, 5.74) is 0.706. The van der Waals surface area contributed by atoms with Gasteiger partial charge in [0, 0.05) is 12.0 Å². The summed E-state index contributed by atoms with van der Waals surface area (Å²) in [7, 11) is 0. The molecular weight excluding hydrogens is 252 g/mol. The van der Waals surface area contributed by atoms with E-state index in [-0.39, 0.29) is 12.2 Å². The first-order valence-electron chi connectivity index (χ1n) is 5.80. The summed E-state index contributed by atoms with van der Waals surface area (Å²) in [6, 6.07) is 7.25. The minimum absolute atomic E-state index is 0.104. The topological polar surface area (TPSA) is 56.0 Å². The molecule has 0 spiro atoms. The van der Waals surface area contributed by atoms with Crippen LogP contribution in [-0.2, 0) is 11.2 Å². The van der Waals surface area contributed by atoms with Crippen LogP contribution in [0.25, 0.3) is 11.4 Å². The summed E-state index contributed by atoms with van der Waals surface area (Å²) in [5, 5.41) is 4.40. The second-order valence-corrected chi connectivity index (χ2v) is 4.36. The van der Waals surface area contributed by atoms with Crippen molar-refractivity contribution in [3.05, 3.63) is 35.2 Å². The van der Waals surface area contributed by atoms with E-state index >= 15 is 0 Å². The molecule has 4 nitrogen and oxygen atoms in total. The third kappa shape index (κ3) is 2.96. The van der Waals surface area contributed by atoms with Crippen molar-refractivity contribution >= 4 is 17.4 Å². The van der Waals surface area contributed by atoms with Gasteiger partial charge in [-0.05, 0) is 18.6 Å². The van der Waals surface area contributed by atoms with Crippen LogP contribution in [0.5, 0.6) is 0 Å². The van der Waals surface area contributed by atoms with Crippen LogP contribution in [0, 0.1) is 0 Å². The predicted octanol–water partition coefficient (Wildman–Crippen LogP) is 3.30. The summed E-state index contributed by atoms with van der Waals surface area (Å²) < 4.78 is 5.05. The second-order valence-electron chi connectivity index (χ2n) is 3.96. The smallest absolute Gasteiger partial charge is 0.234 e. The first kappa shape index (κ1) is 12.8. The van der Waals surface area contributed by atoms with E-state index in [1.165, 1.54) is 0 Å². The molecule has 0 aliphatic carbocycles. The molecule has 2 rings (SSSR count). The van der Waals surface area contributed by atoms with Crippen LogP contribution in [0.3, 0.4) is 0 Å². The van der Waals surface area contributed by atoms with Crippen molar-refractivity contribution in [3.63, 3.8) is 0 Å². The number of carbonyl (C=O) groups excluding carboxylic acids is 1. The van der Waals surface area contributed by atoms with Gasteiger partial charge in [-0.2, -0.15) is 4.98 Å². The van der Waals surface area contributed by atoms with Crippen LogP contribution in [0.4, 0.5) is 0 Å². The Labute approximate surface area is 110 Å². The Bertz CT molecular complexity index is 551. The number of nitrogens with zero attached hydrogens (tertiary/aromatic N) is 2. The number of rotatable bonds is 5. The number of hydrogen-bond donors (Lipinski definition) is 0. The highest BCUT2D eigenvalue weighted by atomic mass is 35.5. The van der Waals surface area contributed by atoms with Gasteiger partial charge in [-0.25, -0.2) is 0 Å². The van der Waals surface area contributed by atoms with E-state index in [0.717, 1.165) is 6.42 Å². The summed E-state index contributed by atoms with van der Waals surface area (Å²) in [6.07, 6.45) is 1.54. The third-order valence-corrected chi connectivity index (χ3v) is 2.79. The maximum absolute atomic E-state index is 11.5. The molecule has 0 fully saturated rings. The largest absolute Gasteiger partial charge is 0.338 e. The van der Waals surface area contributed by atoms with Gasteiger partial charge in [0.2, 0.25) is 11.7 Å². The zero-order chi connectivity index (χ0) is 13.0. The van der Waals surface area contributed by atoms with Crippen molar-refractivity contribution in [2.45, 2.75) is 26.2 Å². The van der Waals surface area contributed by atoms with Gasteiger partial charge in [0.15, 0.2) is 0 Å². The number of halogens is 1. The van der Waals surface area contributed by atoms with Crippen LogP contribution in [0.15, 0.2) is 28.8 Å². The monoisotopic (exact) mass is 264 g/mol. The lowest BCUT2D eigenvalue weighted by molar-refractivity contribution is -0.118. The van der Waals surface area contributed by atoms with Crippen LogP contribution < -0.4 is 0 Å². The van der Waals surface area contributed by atoms with E-state index in [4.69, 9.17) is 16.1 Å². The van der Waals surface area contributed by atoms with Crippen molar-refractivity contribution in [1.29, 1.82) is 0 Å². The maximum atomic E-state index is 11.5. The molecule has 0 atom stereocenters. The molecule has 0 bridgehead atoms. The predicted molar refractivity (Wildman–Crippen MR) is 68.4 cm³/mol. The molecular formula is C13H13ClN2O2. The number of benzene rings is 1. The first-order valence-corrected chi connectivity index (χ1v) is 6.17. The average molecular weight is 265 g/mol. The Balaban J connectivity index is 2.16. The summed E-state index contributed by atoms with van der Waals surface area (Å²) in [4.78, 5) is 15.7. The fourth-order valence-corrected chi connectivity index (χ4v) is 1.83. The molecule has 2 aromatic rings. The van der Waals surface area contributed by atoms with Crippen LogP contribution in [-0.4, -0.2) is 15.9 Å². The molecule has 0 aliphatic heterocycles. The highest BCUT2D eigenvalue weighted by Crippen LogP contribution is 2.24. The number of carbonyl (C=O) groups is 1. The van der Waals surface area contributed by atoms with Crippen LogP contribution >= 0.6 is 11.6 Å². The molecule has 0 unspecified atom stereocenters. The lowest BCUT2D eigenvalue weighted by Gasteiger charge is -1.96. The quantitative estimate of drug-likeness (QED) is 0.831. The molecule has 94 valence electrons. The molecule has 0 saturated heterocycles. The normalized spacial score (nSPS) is 10.6. The standard InChI is InChI=1S/C13H13ClN2O2/c1-2-5-9(17)8-12-15-13(16-18-12)10-6-3-4-7-11(10)14/h3-4,6-7H,2,5,8H2,1H3. The van der Waals surface area contributed by atoms with Crippen molar-refractivity contribution in [2.24, 2.45) is 0 Å². The summed E-state index contributed by atoms with van der Waals surface area (Å²) >= 11 is 6.03. The summed E-state index contributed by atoms with van der Waals surface area (Å²) in [6.45, 7) is 1.96. The van der Waals surface area contributed by atoms with E-state index in [1.807, 2.05) is 25.1 Å². The van der Waals surface area contributed by atoms with Crippen LogP contribution in [0.1, 0.15) is 25.7 Å². The molecule has 0 aliphatic rings. The third-order valence-electron chi connectivity index (χ3n) is 2.46. The SMILES string of the molecule is CCCC(=O)Cc1nc(-c2ccccc2Cl)no1. The van der Waals surface area contributed by atoms with Crippen molar-refractivity contribution in [3.8, 4) is 11.4 Å². The summed E-state index contributed by atoms with van der Waals surface area (Å²) in [5.74, 6) is 0.857. The van der Waals surface area contributed by atoms with Gasteiger partial charge in [-0.15, -0.1) is 0 Å². The Hall–Kier alpha value is -1.68. The highest BCUT2D eigenvalue weighted by Gasteiger charge is 2.13. The minimum atomic E-state index is 0.104. The zero-order valence-electron chi connectivity index (χ0n) is 10.0. The Morgan fingerprint density at radius 1 is 1.39 bits per heavy atom.